The number of aromatic nitrogens is 2. The molecule has 0 aliphatic carbocycles. The average Bonchev–Trinajstić information content (AvgIpc) is 2.38. The van der Waals surface area contributed by atoms with E-state index in [0.717, 1.165) is 44.8 Å². The fourth-order valence-electron chi connectivity index (χ4n) is 2.26. The van der Waals surface area contributed by atoms with Crippen LogP contribution in [0.2, 0.25) is 0 Å². The molecule has 0 unspecified atom stereocenters. The van der Waals surface area contributed by atoms with E-state index in [-0.39, 0.29) is 0 Å². The molecule has 0 atom stereocenters. The molecule has 0 radical (unpaired) electrons. The summed E-state index contributed by atoms with van der Waals surface area (Å²) in [5, 5.41) is 0. The first-order valence-electron chi connectivity index (χ1n) is 6.80. The van der Waals surface area contributed by atoms with Gasteiger partial charge in [-0.2, -0.15) is 0 Å². The molecule has 5 nitrogen and oxygen atoms in total. The molecule has 1 aromatic heterocycles. The van der Waals surface area contributed by atoms with Crippen LogP contribution in [-0.2, 0) is 11.0 Å². The summed E-state index contributed by atoms with van der Waals surface area (Å²) in [5.41, 5.74) is 1.17. The Balaban J connectivity index is 1.90. The van der Waals surface area contributed by atoms with Crippen molar-refractivity contribution in [2.24, 2.45) is 0 Å². The first-order valence-corrected chi connectivity index (χ1v) is 9.59. The number of hydrogen-bond donors (Lipinski definition) is 0. The van der Waals surface area contributed by atoms with Gasteiger partial charge in [0.05, 0.1) is 13.4 Å². The van der Waals surface area contributed by atoms with Gasteiger partial charge in [-0.05, 0) is 25.3 Å². The van der Waals surface area contributed by atoms with Crippen molar-refractivity contribution in [1.82, 2.24) is 14.9 Å². The van der Waals surface area contributed by atoms with Gasteiger partial charge in [0.1, 0.15) is 0 Å². The molecular formula is C13H23N4OP. The number of anilines is 1. The molecule has 2 rings (SSSR count). The van der Waals surface area contributed by atoms with Crippen LogP contribution in [0.5, 0.6) is 0 Å². The second kappa shape index (κ2) is 6.02. The lowest BCUT2D eigenvalue weighted by Crippen LogP contribution is -2.47. The van der Waals surface area contributed by atoms with E-state index in [9.17, 15) is 4.57 Å². The standard InChI is InChI=1S/C13H23N4OP/c1-4-12-9-14-13(15-10-12)17-7-5-16(6-8-17)11-19(2,3)18/h9-10H,4-8,11H2,1-3H3. The van der Waals surface area contributed by atoms with Crippen LogP contribution in [0.4, 0.5) is 5.95 Å². The molecule has 0 amide bonds. The molecule has 0 saturated carbocycles. The third-order valence-corrected chi connectivity index (χ3v) is 4.38. The van der Waals surface area contributed by atoms with Gasteiger partial charge in [0, 0.05) is 38.6 Å². The first-order chi connectivity index (χ1) is 8.98. The van der Waals surface area contributed by atoms with Crippen molar-refractivity contribution in [2.45, 2.75) is 13.3 Å². The molecule has 1 saturated heterocycles. The maximum Gasteiger partial charge on any atom is 0.225 e. The molecule has 19 heavy (non-hydrogen) atoms. The lowest BCUT2D eigenvalue weighted by Gasteiger charge is -2.35. The molecule has 1 aliphatic rings. The molecule has 0 aromatic carbocycles. The van der Waals surface area contributed by atoms with E-state index >= 15 is 0 Å². The number of nitrogens with zero attached hydrogens (tertiary/aromatic N) is 4. The average molecular weight is 282 g/mol. The Bertz CT molecular complexity index is 448. The van der Waals surface area contributed by atoms with Crippen LogP contribution in [0, 0.1) is 0 Å². The topological polar surface area (TPSA) is 49.3 Å². The van der Waals surface area contributed by atoms with E-state index in [0.29, 0.717) is 0 Å². The summed E-state index contributed by atoms with van der Waals surface area (Å²) in [6.45, 7) is 9.49. The lowest BCUT2D eigenvalue weighted by molar-refractivity contribution is 0.293. The third-order valence-electron chi connectivity index (χ3n) is 3.30. The molecule has 0 spiro atoms. The van der Waals surface area contributed by atoms with Crippen LogP contribution in [0.1, 0.15) is 12.5 Å². The largest absolute Gasteiger partial charge is 0.338 e. The van der Waals surface area contributed by atoms with Crippen LogP contribution in [0.15, 0.2) is 12.4 Å². The van der Waals surface area contributed by atoms with E-state index in [1.54, 1.807) is 0 Å². The van der Waals surface area contributed by atoms with E-state index < -0.39 is 7.14 Å². The summed E-state index contributed by atoms with van der Waals surface area (Å²) in [6, 6.07) is 0. The van der Waals surface area contributed by atoms with Crippen molar-refractivity contribution in [3.63, 3.8) is 0 Å². The van der Waals surface area contributed by atoms with Crippen molar-refractivity contribution >= 4 is 13.1 Å². The van der Waals surface area contributed by atoms with Gasteiger partial charge in [0.15, 0.2) is 0 Å². The zero-order chi connectivity index (χ0) is 13.9. The molecule has 0 bridgehead atoms. The van der Waals surface area contributed by atoms with Crippen molar-refractivity contribution in [3.05, 3.63) is 18.0 Å². The number of hydrogen-bond acceptors (Lipinski definition) is 5. The zero-order valence-corrected chi connectivity index (χ0v) is 12.9. The minimum atomic E-state index is -1.96. The molecule has 2 heterocycles. The summed E-state index contributed by atoms with van der Waals surface area (Å²) in [7, 11) is -1.96. The Morgan fingerprint density at radius 1 is 1.16 bits per heavy atom. The van der Waals surface area contributed by atoms with Gasteiger partial charge in [-0.1, -0.05) is 6.92 Å². The lowest BCUT2D eigenvalue weighted by atomic mass is 10.3. The third kappa shape index (κ3) is 4.29. The summed E-state index contributed by atoms with van der Waals surface area (Å²) < 4.78 is 11.8. The highest BCUT2D eigenvalue weighted by molar-refractivity contribution is 7.62. The van der Waals surface area contributed by atoms with Crippen molar-refractivity contribution in [1.29, 1.82) is 0 Å². The monoisotopic (exact) mass is 282 g/mol. The predicted octanol–water partition coefficient (Wildman–Crippen LogP) is 1.74. The Morgan fingerprint density at radius 2 is 1.74 bits per heavy atom. The van der Waals surface area contributed by atoms with Crippen molar-refractivity contribution in [3.8, 4) is 0 Å². The van der Waals surface area contributed by atoms with E-state index in [4.69, 9.17) is 0 Å². The maximum absolute atomic E-state index is 11.8. The van der Waals surface area contributed by atoms with Gasteiger partial charge < -0.3 is 9.46 Å². The van der Waals surface area contributed by atoms with Crippen LogP contribution in [0.3, 0.4) is 0 Å². The molecule has 1 aromatic rings. The molecule has 0 N–H and O–H groups in total. The van der Waals surface area contributed by atoms with Gasteiger partial charge in [-0.15, -0.1) is 0 Å². The number of aryl methyl sites for hydroxylation is 1. The van der Waals surface area contributed by atoms with Gasteiger partial charge in [0.2, 0.25) is 5.95 Å². The molecule has 6 heteroatoms. The zero-order valence-electron chi connectivity index (χ0n) is 12.0. The Labute approximate surface area is 115 Å². The van der Waals surface area contributed by atoms with Crippen LogP contribution >= 0.6 is 7.14 Å². The van der Waals surface area contributed by atoms with Gasteiger partial charge in [-0.25, -0.2) is 9.97 Å². The van der Waals surface area contributed by atoms with E-state index in [2.05, 4.69) is 26.7 Å². The Kier molecular flexibility index (Phi) is 4.58. The quantitative estimate of drug-likeness (QED) is 0.787. The second-order valence-electron chi connectivity index (χ2n) is 5.57. The van der Waals surface area contributed by atoms with Crippen molar-refractivity contribution < 1.29 is 4.57 Å². The van der Waals surface area contributed by atoms with Gasteiger partial charge in [0.25, 0.3) is 0 Å². The number of piperazine rings is 1. The minimum absolute atomic E-state index is 0.719. The SMILES string of the molecule is CCc1cnc(N2CCN(CP(C)(C)=O)CC2)nc1. The highest BCUT2D eigenvalue weighted by atomic mass is 31.2. The summed E-state index contributed by atoms with van der Waals surface area (Å²) in [5.74, 6) is 0.813. The van der Waals surface area contributed by atoms with Gasteiger partial charge in [-0.3, -0.25) is 4.90 Å². The summed E-state index contributed by atoms with van der Waals surface area (Å²) >= 11 is 0. The van der Waals surface area contributed by atoms with Crippen molar-refractivity contribution in [2.75, 3.05) is 50.7 Å². The highest BCUT2D eigenvalue weighted by Gasteiger charge is 2.21. The van der Waals surface area contributed by atoms with E-state index in [1.165, 1.54) is 5.56 Å². The first kappa shape index (κ1) is 14.5. The van der Waals surface area contributed by atoms with Crippen LogP contribution in [-0.4, -0.2) is 60.7 Å². The normalized spacial score (nSPS) is 17.7. The Hall–Kier alpha value is -0.930. The predicted molar refractivity (Wildman–Crippen MR) is 79.5 cm³/mol. The van der Waals surface area contributed by atoms with Gasteiger partial charge >= 0.3 is 0 Å². The second-order valence-corrected chi connectivity index (χ2v) is 9.00. The summed E-state index contributed by atoms with van der Waals surface area (Å²) in [6.07, 6.45) is 5.49. The maximum atomic E-state index is 11.8. The fourth-order valence-corrected chi connectivity index (χ4v) is 3.51. The van der Waals surface area contributed by atoms with E-state index in [1.807, 2.05) is 25.7 Å². The van der Waals surface area contributed by atoms with Crippen LogP contribution in [0.25, 0.3) is 0 Å². The summed E-state index contributed by atoms with van der Waals surface area (Å²) in [4.78, 5) is 13.3. The Morgan fingerprint density at radius 3 is 2.21 bits per heavy atom. The van der Waals surface area contributed by atoms with Crippen LogP contribution < -0.4 is 4.90 Å². The smallest absolute Gasteiger partial charge is 0.225 e. The molecule has 1 aliphatic heterocycles. The highest BCUT2D eigenvalue weighted by Crippen LogP contribution is 2.36. The molecule has 106 valence electrons. The minimum Gasteiger partial charge on any atom is -0.338 e. The fraction of sp³-hybridized carbons (Fsp3) is 0.692. The number of rotatable bonds is 4. The molecular weight excluding hydrogens is 259 g/mol. The molecule has 1 fully saturated rings.